The Labute approximate surface area is 66.6 Å². The van der Waals surface area contributed by atoms with E-state index in [1.54, 1.807) is 0 Å². The van der Waals surface area contributed by atoms with Crippen molar-refractivity contribution in [1.29, 1.82) is 0 Å². The summed E-state index contributed by atoms with van der Waals surface area (Å²) >= 11 is 0. The molecule has 0 spiro atoms. The first-order chi connectivity index (χ1) is 5.52. The summed E-state index contributed by atoms with van der Waals surface area (Å²) < 4.78 is 0. The van der Waals surface area contributed by atoms with Crippen LogP contribution in [0.5, 0.6) is 5.75 Å². The Morgan fingerprint density at radius 2 is 2.25 bits per heavy atom. The zero-order valence-corrected chi connectivity index (χ0v) is 6.20. The molecule has 0 aliphatic carbocycles. The quantitative estimate of drug-likeness (QED) is 0.467. The van der Waals surface area contributed by atoms with E-state index in [-0.39, 0.29) is 5.69 Å². The first-order valence-electron chi connectivity index (χ1n) is 3.09. The number of rotatable bonds is 1. The molecule has 0 radical (unpaired) electrons. The van der Waals surface area contributed by atoms with Crippen molar-refractivity contribution in [2.45, 2.75) is 6.92 Å². The summed E-state index contributed by atoms with van der Waals surface area (Å²) in [7, 11) is 0. The number of aromatic amines is 1. The van der Waals surface area contributed by atoms with Gasteiger partial charge in [-0.15, -0.1) is 0 Å². The highest BCUT2D eigenvalue weighted by Crippen LogP contribution is 2.24. The third-order valence-electron chi connectivity index (χ3n) is 1.36. The lowest BCUT2D eigenvalue weighted by atomic mass is 10.3. The average molecular weight is 170 g/mol. The first-order valence-corrected chi connectivity index (χ1v) is 3.09. The lowest BCUT2D eigenvalue weighted by Gasteiger charge is -1.97. The molecule has 1 aromatic heterocycles. The monoisotopic (exact) mass is 170 g/mol. The van der Waals surface area contributed by atoms with Crippen molar-refractivity contribution in [3.8, 4) is 5.75 Å². The average Bonchev–Trinajstić information content (AvgIpc) is 1.82. The second-order valence-electron chi connectivity index (χ2n) is 2.25. The Hall–Kier alpha value is -1.85. The number of hydrogen-bond acceptors (Lipinski definition) is 4. The zero-order valence-electron chi connectivity index (χ0n) is 6.20. The van der Waals surface area contributed by atoms with Crippen LogP contribution in [0, 0.1) is 17.0 Å². The number of H-pyrrole nitrogens is 1. The van der Waals surface area contributed by atoms with Crippen LogP contribution in [0.15, 0.2) is 10.9 Å². The molecular weight excluding hydrogens is 164 g/mol. The predicted octanol–water partition coefficient (Wildman–Crippen LogP) is 0.297. The number of nitrogens with zero attached hydrogens (tertiary/aromatic N) is 1. The molecular formula is C6H6N2O4. The van der Waals surface area contributed by atoms with Gasteiger partial charge in [0.25, 0.3) is 5.56 Å². The molecule has 1 rings (SSSR count). The molecule has 0 fully saturated rings. The summed E-state index contributed by atoms with van der Waals surface area (Å²) in [4.78, 5) is 22.4. The molecule has 64 valence electrons. The van der Waals surface area contributed by atoms with Gasteiger partial charge in [-0.25, -0.2) is 0 Å². The van der Waals surface area contributed by atoms with Crippen LogP contribution in [0.4, 0.5) is 5.69 Å². The molecule has 1 heterocycles. The zero-order chi connectivity index (χ0) is 9.30. The Bertz CT molecular complexity index is 355. The van der Waals surface area contributed by atoms with Gasteiger partial charge in [0, 0.05) is 0 Å². The molecule has 0 aromatic carbocycles. The number of aromatic hydroxyl groups is 1. The Morgan fingerprint density at radius 3 is 2.67 bits per heavy atom. The summed E-state index contributed by atoms with van der Waals surface area (Å²) in [5.74, 6) is -0.610. The van der Waals surface area contributed by atoms with Crippen molar-refractivity contribution in [3.05, 3.63) is 32.2 Å². The molecule has 0 aliphatic rings. The van der Waals surface area contributed by atoms with Crippen molar-refractivity contribution in [2.24, 2.45) is 0 Å². The van der Waals surface area contributed by atoms with Crippen molar-refractivity contribution in [1.82, 2.24) is 4.98 Å². The van der Waals surface area contributed by atoms with Gasteiger partial charge in [-0.05, 0) is 6.92 Å². The largest absolute Gasteiger partial charge is 0.502 e. The summed E-state index contributed by atoms with van der Waals surface area (Å²) in [5.41, 5.74) is -0.977. The molecule has 0 unspecified atom stereocenters. The van der Waals surface area contributed by atoms with Crippen LogP contribution in [0.25, 0.3) is 0 Å². The summed E-state index contributed by atoms with van der Waals surface area (Å²) in [6.45, 7) is 1.35. The van der Waals surface area contributed by atoms with Crippen LogP contribution in [0.2, 0.25) is 0 Å². The van der Waals surface area contributed by atoms with Gasteiger partial charge in [0.1, 0.15) is 0 Å². The van der Waals surface area contributed by atoms with Crippen LogP contribution in [0.1, 0.15) is 5.69 Å². The SMILES string of the molecule is Cc1[nH]c(=O)cc(O)c1[N+](=O)[O-]. The van der Waals surface area contributed by atoms with Gasteiger partial charge in [0.05, 0.1) is 16.7 Å². The predicted molar refractivity (Wildman–Crippen MR) is 40.1 cm³/mol. The second kappa shape index (κ2) is 2.65. The van der Waals surface area contributed by atoms with E-state index < -0.39 is 21.9 Å². The van der Waals surface area contributed by atoms with E-state index >= 15 is 0 Å². The first kappa shape index (κ1) is 8.25. The van der Waals surface area contributed by atoms with Gasteiger partial charge in [-0.2, -0.15) is 0 Å². The van der Waals surface area contributed by atoms with Crippen molar-refractivity contribution in [3.63, 3.8) is 0 Å². The molecule has 0 saturated carbocycles. The molecule has 2 N–H and O–H groups in total. The van der Waals surface area contributed by atoms with E-state index in [0.717, 1.165) is 6.07 Å². The highest BCUT2D eigenvalue weighted by Gasteiger charge is 2.17. The van der Waals surface area contributed by atoms with Crippen molar-refractivity contribution < 1.29 is 10.0 Å². The molecule has 0 saturated heterocycles. The fourth-order valence-electron chi connectivity index (χ4n) is 0.895. The third-order valence-corrected chi connectivity index (χ3v) is 1.36. The lowest BCUT2D eigenvalue weighted by molar-refractivity contribution is -0.386. The highest BCUT2D eigenvalue weighted by molar-refractivity contribution is 5.47. The van der Waals surface area contributed by atoms with Crippen LogP contribution in [-0.2, 0) is 0 Å². The molecule has 0 atom stereocenters. The minimum Gasteiger partial charge on any atom is -0.502 e. The van der Waals surface area contributed by atoms with E-state index in [4.69, 9.17) is 5.11 Å². The van der Waals surface area contributed by atoms with E-state index in [0.29, 0.717) is 0 Å². The number of aromatic nitrogens is 1. The van der Waals surface area contributed by atoms with Gasteiger partial charge in [-0.3, -0.25) is 14.9 Å². The maximum Gasteiger partial charge on any atom is 0.329 e. The third kappa shape index (κ3) is 1.26. The van der Waals surface area contributed by atoms with Gasteiger partial charge < -0.3 is 10.1 Å². The van der Waals surface area contributed by atoms with Crippen LogP contribution < -0.4 is 5.56 Å². The van der Waals surface area contributed by atoms with Gasteiger partial charge in [0.2, 0.25) is 5.75 Å². The van der Waals surface area contributed by atoms with Gasteiger partial charge in [0.15, 0.2) is 0 Å². The highest BCUT2D eigenvalue weighted by atomic mass is 16.6. The molecule has 12 heavy (non-hydrogen) atoms. The van der Waals surface area contributed by atoms with Gasteiger partial charge in [-0.1, -0.05) is 0 Å². The minimum absolute atomic E-state index is 0.0463. The molecule has 1 aromatic rings. The Kier molecular flexibility index (Phi) is 1.82. The van der Waals surface area contributed by atoms with Crippen LogP contribution >= 0.6 is 0 Å². The van der Waals surface area contributed by atoms with E-state index in [9.17, 15) is 14.9 Å². The van der Waals surface area contributed by atoms with Gasteiger partial charge >= 0.3 is 5.69 Å². The molecule has 0 amide bonds. The maximum atomic E-state index is 10.6. The standard InChI is InChI=1S/C6H6N2O4/c1-3-6(8(11)12)4(9)2-5(10)7-3/h2H,1H3,(H2,7,9,10). The minimum atomic E-state index is -0.749. The smallest absolute Gasteiger partial charge is 0.329 e. The summed E-state index contributed by atoms with van der Waals surface area (Å²) in [6, 6.07) is 0.769. The number of nitrogens with one attached hydrogen (secondary N) is 1. The normalized spacial score (nSPS) is 9.75. The Morgan fingerprint density at radius 1 is 1.67 bits per heavy atom. The second-order valence-corrected chi connectivity index (χ2v) is 2.25. The maximum absolute atomic E-state index is 10.6. The van der Waals surface area contributed by atoms with Crippen LogP contribution in [0.3, 0.4) is 0 Å². The van der Waals surface area contributed by atoms with Crippen molar-refractivity contribution >= 4 is 5.69 Å². The fourth-order valence-corrected chi connectivity index (χ4v) is 0.895. The van der Waals surface area contributed by atoms with E-state index in [2.05, 4.69) is 4.98 Å². The van der Waals surface area contributed by atoms with Crippen LogP contribution in [-0.4, -0.2) is 15.0 Å². The number of hydrogen-bond donors (Lipinski definition) is 2. The van der Waals surface area contributed by atoms with E-state index in [1.807, 2.05) is 0 Å². The summed E-state index contributed by atoms with van der Waals surface area (Å²) in [5, 5.41) is 19.3. The molecule has 0 bridgehead atoms. The number of pyridine rings is 1. The van der Waals surface area contributed by atoms with Crippen molar-refractivity contribution in [2.75, 3.05) is 0 Å². The lowest BCUT2D eigenvalue weighted by Crippen LogP contribution is -2.07. The molecule has 6 heteroatoms. The number of aryl methyl sites for hydroxylation is 1. The number of nitro groups is 1. The van der Waals surface area contributed by atoms with E-state index in [1.165, 1.54) is 6.92 Å². The molecule has 0 aliphatic heterocycles. The Balaban J connectivity index is 3.48. The summed E-state index contributed by atoms with van der Waals surface area (Å²) in [6.07, 6.45) is 0. The molecule has 6 nitrogen and oxygen atoms in total. The topological polar surface area (TPSA) is 96.2 Å². The fraction of sp³-hybridized carbons (Fsp3) is 0.167.